The highest BCUT2D eigenvalue weighted by Crippen LogP contribution is 2.17. The summed E-state index contributed by atoms with van der Waals surface area (Å²) in [5.74, 6) is 1.68. The highest BCUT2D eigenvalue weighted by atomic mass is 16.5. The van der Waals surface area contributed by atoms with Crippen LogP contribution in [0.2, 0.25) is 0 Å². The topological polar surface area (TPSA) is 89.9 Å². The van der Waals surface area contributed by atoms with Crippen LogP contribution in [0.15, 0.2) is 53.2 Å². The predicted octanol–water partition coefficient (Wildman–Crippen LogP) is 2.84. The van der Waals surface area contributed by atoms with Crippen molar-refractivity contribution in [2.75, 3.05) is 7.05 Å². The molecule has 0 fully saturated rings. The molecule has 0 aliphatic carbocycles. The van der Waals surface area contributed by atoms with E-state index in [1.807, 2.05) is 43.3 Å². The van der Waals surface area contributed by atoms with Gasteiger partial charge in [0.05, 0.1) is 17.6 Å². The molecule has 0 bridgehead atoms. The van der Waals surface area contributed by atoms with Gasteiger partial charge in [0.1, 0.15) is 11.5 Å². The lowest BCUT2D eigenvalue weighted by atomic mass is 10.3. The van der Waals surface area contributed by atoms with Crippen molar-refractivity contribution in [1.82, 2.24) is 29.6 Å². The Balaban J connectivity index is 1.39. The zero-order valence-corrected chi connectivity index (χ0v) is 15.7. The third-order valence-electron chi connectivity index (χ3n) is 4.55. The summed E-state index contributed by atoms with van der Waals surface area (Å²) in [7, 11) is 1.73. The van der Waals surface area contributed by atoms with E-state index in [9.17, 15) is 4.79 Å². The maximum absolute atomic E-state index is 12.6. The molecule has 4 rings (SSSR count). The number of carbonyl (C=O) groups excluding carboxylic acids is 1. The van der Waals surface area contributed by atoms with Gasteiger partial charge < -0.3 is 14.0 Å². The van der Waals surface area contributed by atoms with Crippen LogP contribution in [0.3, 0.4) is 0 Å². The third-order valence-corrected chi connectivity index (χ3v) is 4.55. The Hall–Kier alpha value is -3.55. The first-order chi connectivity index (χ1) is 13.6. The highest BCUT2D eigenvalue weighted by molar-refractivity contribution is 5.78. The van der Waals surface area contributed by atoms with Crippen molar-refractivity contribution in [3.05, 3.63) is 60.4 Å². The maximum atomic E-state index is 12.6. The molecule has 0 atom stereocenters. The molecule has 0 radical (unpaired) electrons. The van der Waals surface area contributed by atoms with E-state index < -0.39 is 0 Å². The fourth-order valence-corrected chi connectivity index (χ4v) is 3.09. The lowest BCUT2D eigenvalue weighted by Gasteiger charge is -2.15. The van der Waals surface area contributed by atoms with Gasteiger partial charge in [-0.2, -0.15) is 4.98 Å². The molecule has 0 spiro atoms. The fourth-order valence-electron chi connectivity index (χ4n) is 3.09. The van der Waals surface area contributed by atoms with Gasteiger partial charge in [0.2, 0.25) is 17.6 Å². The Bertz CT molecular complexity index is 1100. The second-order valence-corrected chi connectivity index (χ2v) is 6.53. The van der Waals surface area contributed by atoms with Gasteiger partial charge >= 0.3 is 0 Å². The van der Waals surface area contributed by atoms with Crippen molar-refractivity contribution in [2.24, 2.45) is 0 Å². The highest BCUT2D eigenvalue weighted by Gasteiger charge is 2.16. The molecule has 4 aromatic rings. The summed E-state index contributed by atoms with van der Waals surface area (Å²) in [6.07, 6.45) is 2.03. The van der Waals surface area contributed by atoms with Crippen LogP contribution < -0.4 is 0 Å². The van der Waals surface area contributed by atoms with Gasteiger partial charge in [-0.1, -0.05) is 23.4 Å². The lowest BCUT2D eigenvalue weighted by Crippen LogP contribution is -2.27. The van der Waals surface area contributed by atoms with E-state index in [-0.39, 0.29) is 12.5 Å². The monoisotopic (exact) mass is 376 g/mol. The van der Waals surface area contributed by atoms with Gasteiger partial charge in [0.25, 0.3) is 0 Å². The van der Waals surface area contributed by atoms with Crippen molar-refractivity contribution in [1.29, 1.82) is 0 Å². The number of fused-ring (bicyclic) bond motifs is 1. The molecule has 1 aromatic carbocycles. The van der Waals surface area contributed by atoms with Crippen molar-refractivity contribution in [3.8, 4) is 11.5 Å². The van der Waals surface area contributed by atoms with Crippen molar-refractivity contribution >= 4 is 16.9 Å². The number of para-hydroxylation sites is 2. The summed E-state index contributed by atoms with van der Waals surface area (Å²) < 4.78 is 7.32. The minimum absolute atomic E-state index is 0.00485. The summed E-state index contributed by atoms with van der Waals surface area (Å²) in [6, 6.07) is 13.4. The van der Waals surface area contributed by atoms with Crippen LogP contribution in [0.5, 0.6) is 0 Å². The second-order valence-electron chi connectivity index (χ2n) is 6.53. The number of amides is 1. The largest absolute Gasteiger partial charge is 0.337 e. The van der Waals surface area contributed by atoms with E-state index in [0.717, 1.165) is 16.9 Å². The number of rotatable bonds is 6. The molecule has 1 amide bonds. The van der Waals surface area contributed by atoms with E-state index >= 15 is 0 Å². The van der Waals surface area contributed by atoms with Gasteiger partial charge in [0.15, 0.2) is 0 Å². The Morgan fingerprint density at radius 2 is 1.96 bits per heavy atom. The van der Waals surface area contributed by atoms with Crippen LogP contribution in [0.25, 0.3) is 22.6 Å². The van der Waals surface area contributed by atoms with Crippen LogP contribution >= 0.6 is 0 Å². The van der Waals surface area contributed by atoms with Crippen LogP contribution in [0.1, 0.15) is 18.1 Å². The smallest absolute Gasteiger partial charge is 0.246 e. The van der Waals surface area contributed by atoms with E-state index in [1.54, 1.807) is 24.2 Å². The van der Waals surface area contributed by atoms with E-state index in [2.05, 4.69) is 24.7 Å². The van der Waals surface area contributed by atoms with E-state index in [1.165, 1.54) is 0 Å². The average molecular weight is 376 g/mol. The molecule has 142 valence electrons. The minimum Gasteiger partial charge on any atom is -0.337 e. The second kappa shape index (κ2) is 7.59. The number of imidazole rings is 1. The molecule has 3 heterocycles. The molecule has 8 heteroatoms. The first-order valence-electron chi connectivity index (χ1n) is 9.01. The average Bonchev–Trinajstić information content (AvgIpc) is 3.30. The van der Waals surface area contributed by atoms with Crippen molar-refractivity contribution < 1.29 is 9.32 Å². The number of nitrogens with zero attached hydrogens (tertiary/aromatic N) is 6. The van der Waals surface area contributed by atoms with E-state index in [4.69, 9.17) is 4.52 Å². The summed E-state index contributed by atoms with van der Waals surface area (Å²) in [6.45, 7) is 2.77. The molecule has 0 N–H and O–H groups in total. The molecule has 28 heavy (non-hydrogen) atoms. The maximum Gasteiger partial charge on any atom is 0.246 e. The number of hydrogen-bond donors (Lipinski definition) is 0. The Morgan fingerprint density at radius 1 is 1.14 bits per heavy atom. The SMILES string of the molecule is Cc1nc2ccccc2n1CCC(=O)N(C)Cc1nc(-c2ccccn2)no1. The standard InChI is InChI=1S/C20H20N6O2/c1-14-22-15-7-3-4-9-17(15)26(14)12-10-19(27)25(2)13-18-23-20(24-28-18)16-8-5-6-11-21-16/h3-9,11H,10,12-13H2,1-2H3. The number of pyridine rings is 1. The lowest BCUT2D eigenvalue weighted by molar-refractivity contribution is -0.130. The summed E-state index contributed by atoms with van der Waals surface area (Å²) in [4.78, 5) is 27.2. The molecule has 0 saturated heterocycles. The van der Waals surface area contributed by atoms with Crippen molar-refractivity contribution in [2.45, 2.75) is 26.4 Å². The number of benzene rings is 1. The molecular weight excluding hydrogens is 356 g/mol. The summed E-state index contributed by atoms with van der Waals surface area (Å²) in [5, 5.41) is 3.93. The Kier molecular flexibility index (Phi) is 4.84. The zero-order chi connectivity index (χ0) is 19.5. The van der Waals surface area contributed by atoms with Gasteiger partial charge in [-0.05, 0) is 31.2 Å². The predicted molar refractivity (Wildman–Crippen MR) is 103 cm³/mol. The number of aryl methyl sites for hydroxylation is 2. The molecule has 0 saturated carbocycles. The molecular formula is C20H20N6O2. The molecule has 8 nitrogen and oxygen atoms in total. The Morgan fingerprint density at radius 3 is 2.79 bits per heavy atom. The van der Waals surface area contributed by atoms with E-state index in [0.29, 0.717) is 30.4 Å². The minimum atomic E-state index is -0.00485. The number of hydrogen-bond acceptors (Lipinski definition) is 6. The fraction of sp³-hybridized carbons (Fsp3) is 0.250. The summed E-state index contributed by atoms with van der Waals surface area (Å²) >= 11 is 0. The van der Waals surface area contributed by atoms with Crippen LogP contribution in [0.4, 0.5) is 0 Å². The first kappa shape index (κ1) is 17.8. The quantitative estimate of drug-likeness (QED) is 0.514. The van der Waals surface area contributed by atoms with Crippen molar-refractivity contribution in [3.63, 3.8) is 0 Å². The number of aromatic nitrogens is 5. The van der Waals surface area contributed by atoms with Crippen LogP contribution in [-0.4, -0.2) is 42.5 Å². The molecule has 0 aliphatic heterocycles. The molecule has 3 aromatic heterocycles. The first-order valence-corrected chi connectivity index (χ1v) is 9.01. The van der Waals surface area contributed by atoms with Crippen LogP contribution in [0, 0.1) is 6.92 Å². The summed E-state index contributed by atoms with van der Waals surface area (Å²) in [5.41, 5.74) is 2.61. The molecule has 0 aliphatic rings. The van der Waals surface area contributed by atoms with Crippen LogP contribution in [-0.2, 0) is 17.9 Å². The zero-order valence-electron chi connectivity index (χ0n) is 15.7. The normalized spacial score (nSPS) is 11.1. The molecule has 0 unspecified atom stereocenters. The van der Waals surface area contributed by atoms with Gasteiger partial charge in [0, 0.05) is 26.2 Å². The van der Waals surface area contributed by atoms with Gasteiger partial charge in [-0.15, -0.1) is 0 Å². The third kappa shape index (κ3) is 3.62. The van der Waals surface area contributed by atoms with Gasteiger partial charge in [-0.25, -0.2) is 4.98 Å². The number of carbonyl (C=O) groups is 1. The Labute approximate surface area is 161 Å². The van der Waals surface area contributed by atoms with Gasteiger partial charge in [-0.3, -0.25) is 9.78 Å².